The summed E-state index contributed by atoms with van der Waals surface area (Å²) in [5, 5.41) is 13.4. The SMILES string of the molecule is Oc1c(Cl)cccc1NCc1cccc(OCc2ccccc2)c1. The van der Waals surface area contributed by atoms with E-state index in [-0.39, 0.29) is 5.75 Å². The monoisotopic (exact) mass is 339 g/mol. The molecule has 0 spiro atoms. The first-order valence-electron chi connectivity index (χ1n) is 7.69. The Labute approximate surface area is 146 Å². The van der Waals surface area contributed by atoms with Gasteiger partial charge >= 0.3 is 0 Å². The van der Waals surface area contributed by atoms with Gasteiger partial charge in [-0.15, -0.1) is 0 Å². The van der Waals surface area contributed by atoms with Crippen molar-refractivity contribution in [3.63, 3.8) is 0 Å². The van der Waals surface area contributed by atoms with Crippen LogP contribution in [0.5, 0.6) is 11.5 Å². The highest BCUT2D eigenvalue weighted by molar-refractivity contribution is 6.32. The van der Waals surface area contributed by atoms with E-state index in [1.807, 2.05) is 54.6 Å². The summed E-state index contributed by atoms with van der Waals surface area (Å²) in [6.07, 6.45) is 0. The molecule has 2 N–H and O–H groups in total. The number of rotatable bonds is 6. The summed E-state index contributed by atoms with van der Waals surface area (Å²) in [5.74, 6) is 0.879. The van der Waals surface area contributed by atoms with Crippen LogP contribution in [0, 0.1) is 0 Å². The van der Waals surface area contributed by atoms with Crippen molar-refractivity contribution in [3.8, 4) is 11.5 Å². The van der Waals surface area contributed by atoms with Crippen LogP contribution in [-0.4, -0.2) is 5.11 Å². The minimum Gasteiger partial charge on any atom is -0.504 e. The van der Waals surface area contributed by atoms with Gasteiger partial charge < -0.3 is 15.2 Å². The molecule has 0 amide bonds. The molecular weight excluding hydrogens is 322 g/mol. The quantitative estimate of drug-likeness (QED) is 0.604. The lowest BCUT2D eigenvalue weighted by molar-refractivity contribution is 0.306. The molecule has 0 atom stereocenters. The standard InChI is InChI=1S/C20H18ClNO2/c21-18-10-5-11-19(20(18)23)22-13-16-8-4-9-17(12-16)24-14-15-6-2-1-3-7-15/h1-12,22-23H,13-14H2. The summed E-state index contributed by atoms with van der Waals surface area (Å²) in [4.78, 5) is 0. The number of aromatic hydroxyl groups is 1. The number of nitrogens with one attached hydrogen (secondary N) is 1. The number of hydrogen-bond acceptors (Lipinski definition) is 3. The van der Waals surface area contributed by atoms with Gasteiger partial charge in [-0.05, 0) is 35.4 Å². The van der Waals surface area contributed by atoms with Gasteiger partial charge in [-0.1, -0.05) is 60.1 Å². The average Bonchev–Trinajstić information content (AvgIpc) is 2.62. The molecule has 0 aromatic heterocycles. The predicted molar refractivity (Wildman–Crippen MR) is 97.7 cm³/mol. The number of halogens is 1. The molecule has 0 aliphatic rings. The third-order valence-corrected chi connectivity index (χ3v) is 3.92. The topological polar surface area (TPSA) is 41.5 Å². The lowest BCUT2D eigenvalue weighted by Gasteiger charge is -2.11. The lowest BCUT2D eigenvalue weighted by Crippen LogP contribution is -2.01. The number of benzene rings is 3. The number of ether oxygens (including phenoxy) is 1. The molecule has 0 unspecified atom stereocenters. The highest BCUT2D eigenvalue weighted by atomic mass is 35.5. The molecular formula is C20H18ClNO2. The maximum Gasteiger partial charge on any atom is 0.157 e. The van der Waals surface area contributed by atoms with Crippen LogP contribution >= 0.6 is 11.6 Å². The Morgan fingerprint density at radius 1 is 0.875 bits per heavy atom. The van der Waals surface area contributed by atoms with Crippen LogP contribution in [0.4, 0.5) is 5.69 Å². The van der Waals surface area contributed by atoms with Gasteiger partial charge in [-0.2, -0.15) is 0 Å². The Hall–Kier alpha value is -2.65. The number of hydrogen-bond donors (Lipinski definition) is 2. The van der Waals surface area contributed by atoms with Crippen LogP contribution < -0.4 is 10.1 Å². The Balaban J connectivity index is 1.62. The van der Waals surface area contributed by atoms with Crippen molar-refractivity contribution in [1.82, 2.24) is 0 Å². The van der Waals surface area contributed by atoms with E-state index in [4.69, 9.17) is 16.3 Å². The van der Waals surface area contributed by atoms with E-state index in [2.05, 4.69) is 5.32 Å². The van der Waals surface area contributed by atoms with Crippen molar-refractivity contribution < 1.29 is 9.84 Å². The second-order valence-electron chi connectivity index (χ2n) is 5.41. The van der Waals surface area contributed by atoms with E-state index < -0.39 is 0 Å². The lowest BCUT2D eigenvalue weighted by atomic mass is 10.2. The van der Waals surface area contributed by atoms with Gasteiger partial charge in [0.25, 0.3) is 0 Å². The van der Waals surface area contributed by atoms with E-state index in [1.165, 1.54) is 0 Å². The maximum absolute atomic E-state index is 9.92. The first-order chi connectivity index (χ1) is 11.7. The Morgan fingerprint density at radius 3 is 2.46 bits per heavy atom. The molecule has 3 rings (SSSR count). The molecule has 0 aliphatic heterocycles. The summed E-state index contributed by atoms with van der Waals surface area (Å²) in [7, 11) is 0. The van der Waals surface area contributed by atoms with E-state index in [9.17, 15) is 5.11 Å². The third kappa shape index (κ3) is 4.21. The summed E-state index contributed by atoms with van der Waals surface area (Å²) in [6.45, 7) is 1.10. The number of phenolic OH excluding ortho intramolecular Hbond substituents is 1. The van der Waals surface area contributed by atoms with Crippen LogP contribution in [0.1, 0.15) is 11.1 Å². The van der Waals surface area contributed by atoms with Crippen molar-refractivity contribution in [2.24, 2.45) is 0 Å². The van der Waals surface area contributed by atoms with Crippen molar-refractivity contribution in [2.75, 3.05) is 5.32 Å². The Kier molecular flexibility index (Phi) is 5.24. The highest BCUT2D eigenvalue weighted by Crippen LogP contribution is 2.31. The summed E-state index contributed by atoms with van der Waals surface area (Å²) in [5.41, 5.74) is 2.79. The van der Waals surface area contributed by atoms with Gasteiger partial charge in [0.1, 0.15) is 12.4 Å². The molecule has 0 fully saturated rings. The second kappa shape index (κ2) is 7.75. The Bertz CT molecular complexity index is 806. The zero-order valence-electron chi connectivity index (χ0n) is 13.1. The minimum absolute atomic E-state index is 0.0654. The zero-order valence-corrected chi connectivity index (χ0v) is 13.8. The molecule has 122 valence electrons. The fourth-order valence-corrected chi connectivity index (χ4v) is 2.52. The largest absolute Gasteiger partial charge is 0.504 e. The smallest absolute Gasteiger partial charge is 0.157 e. The van der Waals surface area contributed by atoms with E-state index in [0.717, 1.165) is 16.9 Å². The van der Waals surface area contributed by atoms with E-state index in [1.54, 1.807) is 18.2 Å². The third-order valence-electron chi connectivity index (χ3n) is 3.62. The summed E-state index contributed by atoms with van der Waals surface area (Å²) in [6, 6.07) is 23.2. The Morgan fingerprint density at radius 2 is 1.62 bits per heavy atom. The molecule has 0 saturated carbocycles. The molecule has 0 aliphatic carbocycles. The molecule has 3 nitrogen and oxygen atoms in total. The summed E-state index contributed by atoms with van der Waals surface area (Å²) >= 11 is 5.91. The van der Waals surface area contributed by atoms with Gasteiger partial charge in [-0.25, -0.2) is 0 Å². The van der Waals surface area contributed by atoms with Crippen LogP contribution in [0.25, 0.3) is 0 Å². The number of phenols is 1. The molecule has 3 aromatic rings. The van der Waals surface area contributed by atoms with Gasteiger partial charge in [0, 0.05) is 6.54 Å². The number of anilines is 1. The minimum atomic E-state index is 0.0654. The van der Waals surface area contributed by atoms with Crippen LogP contribution in [-0.2, 0) is 13.2 Å². The van der Waals surface area contributed by atoms with Gasteiger partial charge in [0.2, 0.25) is 0 Å². The van der Waals surface area contributed by atoms with E-state index >= 15 is 0 Å². The average molecular weight is 340 g/mol. The zero-order chi connectivity index (χ0) is 16.8. The van der Waals surface area contributed by atoms with Crippen LogP contribution in [0.3, 0.4) is 0 Å². The molecule has 0 bridgehead atoms. The fraction of sp³-hybridized carbons (Fsp3) is 0.100. The predicted octanol–water partition coefficient (Wildman–Crippen LogP) is 5.24. The summed E-state index contributed by atoms with van der Waals surface area (Å²) < 4.78 is 5.83. The molecule has 0 radical (unpaired) electrons. The molecule has 0 heterocycles. The van der Waals surface area contributed by atoms with Crippen molar-refractivity contribution in [2.45, 2.75) is 13.2 Å². The van der Waals surface area contributed by atoms with Crippen molar-refractivity contribution in [1.29, 1.82) is 0 Å². The first kappa shape index (κ1) is 16.2. The normalized spacial score (nSPS) is 10.4. The van der Waals surface area contributed by atoms with Gasteiger partial charge in [0.15, 0.2) is 5.75 Å². The van der Waals surface area contributed by atoms with Crippen molar-refractivity contribution in [3.05, 3.63) is 88.9 Å². The van der Waals surface area contributed by atoms with Gasteiger partial charge in [-0.3, -0.25) is 0 Å². The second-order valence-corrected chi connectivity index (χ2v) is 5.82. The molecule has 24 heavy (non-hydrogen) atoms. The fourth-order valence-electron chi connectivity index (χ4n) is 2.34. The van der Waals surface area contributed by atoms with E-state index in [0.29, 0.717) is 23.9 Å². The van der Waals surface area contributed by atoms with Crippen LogP contribution in [0.2, 0.25) is 5.02 Å². The van der Waals surface area contributed by atoms with Crippen molar-refractivity contribution >= 4 is 17.3 Å². The first-order valence-corrected chi connectivity index (χ1v) is 8.07. The molecule has 0 saturated heterocycles. The van der Waals surface area contributed by atoms with Gasteiger partial charge in [0.05, 0.1) is 10.7 Å². The molecule has 4 heteroatoms. The highest BCUT2D eigenvalue weighted by Gasteiger charge is 2.05. The van der Waals surface area contributed by atoms with Crippen LogP contribution in [0.15, 0.2) is 72.8 Å². The molecule has 3 aromatic carbocycles. The maximum atomic E-state index is 9.92. The number of para-hydroxylation sites is 1.